The number of urea groups is 1. The van der Waals surface area contributed by atoms with Gasteiger partial charge >= 0.3 is 6.03 Å². The van der Waals surface area contributed by atoms with Gasteiger partial charge in [0, 0.05) is 18.0 Å². The molecular formula is C20H27N3OS. The lowest BCUT2D eigenvalue weighted by Crippen LogP contribution is -2.42. The van der Waals surface area contributed by atoms with Crippen molar-refractivity contribution in [1.29, 1.82) is 0 Å². The summed E-state index contributed by atoms with van der Waals surface area (Å²) in [6.07, 6.45) is 2.31. The minimum Gasteiger partial charge on any atom is -0.338 e. The van der Waals surface area contributed by atoms with E-state index in [1.807, 2.05) is 48.6 Å². The van der Waals surface area contributed by atoms with Crippen LogP contribution in [0.4, 0.5) is 4.79 Å². The van der Waals surface area contributed by atoms with Gasteiger partial charge in [-0.1, -0.05) is 36.4 Å². The number of rotatable bonds is 6. The van der Waals surface area contributed by atoms with Gasteiger partial charge in [0.2, 0.25) is 0 Å². The third-order valence-corrected chi connectivity index (χ3v) is 5.73. The van der Waals surface area contributed by atoms with Crippen molar-refractivity contribution in [2.75, 3.05) is 19.6 Å². The molecule has 0 radical (unpaired) electrons. The Bertz CT molecular complexity index is 636. The zero-order valence-corrected chi connectivity index (χ0v) is 15.6. The molecule has 134 valence electrons. The van der Waals surface area contributed by atoms with Crippen LogP contribution >= 0.6 is 11.3 Å². The molecule has 0 aliphatic carbocycles. The van der Waals surface area contributed by atoms with Gasteiger partial charge in [-0.15, -0.1) is 11.3 Å². The van der Waals surface area contributed by atoms with Crippen LogP contribution in [-0.2, 0) is 6.54 Å². The Hall–Kier alpha value is -1.85. The molecule has 1 fully saturated rings. The number of carbonyl (C=O) groups is 1. The Kier molecular flexibility index (Phi) is 6.48. The highest BCUT2D eigenvalue weighted by molar-refractivity contribution is 7.09. The monoisotopic (exact) mass is 357 g/mol. The molecule has 25 heavy (non-hydrogen) atoms. The van der Waals surface area contributed by atoms with Gasteiger partial charge in [-0.25, -0.2) is 4.79 Å². The normalized spacial score (nSPS) is 17.2. The number of hydrogen-bond acceptors (Lipinski definition) is 3. The van der Waals surface area contributed by atoms with E-state index in [0.717, 1.165) is 44.6 Å². The lowest BCUT2D eigenvalue weighted by Gasteiger charge is -2.31. The molecule has 1 unspecified atom stereocenters. The summed E-state index contributed by atoms with van der Waals surface area (Å²) in [4.78, 5) is 16.1. The molecule has 3 rings (SSSR count). The lowest BCUT2D eigenvalue weighted by atomic mass is 9.97. The van der Waals surface area contributed by atoms with Crippen LogP contribution in [0.25, 0.3) is 0 Å². The number of nitrogens with zero attached hydrogens (tertiary/aromatic N) is 1. The molecule has 2 amide bonds. The molecule has 4 nitrogen and oxygen atoms in total. The number of piperidine rings is 1. The molecule has 1 aliphatic rings. The predicted molar refractivity (Wildman–Crippen MR) is 104 cm³/mol. The molecule has 1 aromatic carbocycles. The molecule has 1 saturated heterocycles. The van der Waals surface area contributed by atoms with Crippen LogP contribution in [-0.4, -0.2) is 30.6 Å². The van der Waals surface area contributed by atoms with Gasteiger partial charge in [0.25, 0.3) is 0 Å². The van der Waals surface area contributed by atoms with Gasteiger partial charge < -0.3 is 10.6 Å². The van der Waals surface area contributed by atoms with Crippen molar-refractivity contribution in [3.63, 3.8) is 0 Å². The van der Waals surface area contributed by atoms with Gasteiger partial charge in [0.05, 0.1) is 6.04 Å². The second kappa shape index (κ2) is 9.02. The number of hydrogen-bond donors (Lipinski definition) is 2. The van der Waals surface area contributed by atoms with E-state index in [9.17, 15) is 4.79 Å². The fourth-order valence-corrected chi connectivity index (χ4v) is 4.03. The first-order valence-corrected chi connectivity index (χ1v) is 9.92. The molecular weight excluding hydrogens is 330 g/mol. The van der Waals surface area contributed by atoms with Crippen molar-refractivity contribution in [3.8, 4) is 0 Å². The van der Waals surface area contributed by atoms with Crippen molar-refractivity contribution in [2.24, 2.45) is 5.92 Å². The zero-order valence-electron chi connectivity index (χ0n) is 14.8. The van der Waals surface area contributed by atoms with Crippen LogP contribution in [0.15, 0.2) is 47.8 Å². The van der Waals surface area contributed by atoms with E-state index in [0.29, 0.717) is 5.92 Å². The highest BCUT2D eigenvalue weighted by atomic mass is 32.1. The maximum Gasteiger partial charge on any atom is 0.315 e. The summed E-state index contributed by atoms with van der Waals surface area (Å²) >= 11 is 1.83. The first kappa shape index (κ1) is 18.0. The minimum absolute atomic E-state index is 0.0221. The highest BCUT2D eigenvalue weighted by Gasteiger charge is 2.20. The largest absolute Gasteiger partial charge is 0.338 e. The molecule has 0 bridgehead atoms. The van der Waals surface area contributed by atoms with Crippen LogP contribution < -0.4 is 10.6 Å². The van der Waals surface area contributed by atoms with E-state index >= 15 is 0 Å². The van der Waals surface area contributed by atoms with Crippen molar-refractivity contribution in [2.45, 2.75) is 32.4 Å². The van der Waals surface area contributed by atoms with E-state index in [1.54, 1.807) is 0 Å². The van der Waals surface area contributed by atoms with Crippen LogP contribution in [0.1, 0.15) is 36.2 Å². The molecule has 2 N–H and O–H groups in total. The van der Waals surface area contributed by atoms with Crippen molar-refractivity contribution < 1.29 is 4.79 Å². The van der Waals surface area contributed by atoms with Crippen molar-refractivity contribution in [1.82, 2.24) is 15.5 Å². The van der Waals surface area contributed by atoms with E-state index in [1.165, 1.54) is 4.88 Å². The Labute approximate surface area is 154 Å². The Morgan fingerprint density at radius 3 is 2.64 bits per heavy atom. The number of benzene rings is 1. The summed E-state index contributed by atoms with van der Waals surface area (Å²) in [6, 6.07) is 14.3. The summed E-state index contributed by atoms with van der Waals surface area (Å²) in [5, 5.41) is 8.20. The van der Waals surface area contributed by atoms with Crippen LogP contribution in [0, 0.1) is 5.92 Å². The molecule has 1 aromatic heterocycles. The van der Waals surface area contributed by atoms with Gasteiger partial charge in [-0.05, 0) is 55.8 Å². The molecule has 1 atom stereocenters. The Morgan fingerprint density at radius 2 is 1.96 bits per heavy atom. The lowest BCUT2D eigenvalue weighted by molar-refractivity contribution is 0.176. The summed E-state index contributed by atoms with van der Waals surface area (Å²) in [7, 11) is 0. The molecule has 2 heterocycles. The minimum atomic E-state index is -0.0719. The molecule has 1 aliphatic heterocycles. The van der Waals surface area contributed by atoms with Crippen LogP contribution in [0.2, 0.25) is 0 Å². The average Bonchev–Trinajstić information content (AvgIpc) is 3.15. The zero-order chi connectivity index (χ0) is 17.5. The molecule has 0 saturated carbocycles. The standard InChI is InChI=1S/C20H27N3OS/c1-16(18-6-3-2-4-7-18)22-20(24)21-14-17-9-11-23(12-10-17)15-19-8-5-13-25-19/h2-8,13,16-17H,9-12,14-15H2,1H3,(H2,21,22,24). The number of nitrogens with one attached hydrogen (secondary N) is 2. The summed E-state index contributed by atoms with van der Waals surface area (Å²) in [5.41, 5.74) is 1.12. The van der Waals surface area contributed by atoms with Crippen LogP contribution in [0.5, 0.6) is 0 Å². The summed E-state index contributed by atoms with van der Waals surface area (Å²) in [6.45, 7) is 6.07. The van der Waals surface area contributed by atoms with Crippen molar-refractivity contribution >= 4 is 17.4 Å². The number of amides is 2. The number of carbonyl (C=O) groups excluding carboxylic acids is 1. The summed E-state index contributed by atoms with van der Waals surface area (Å²) < 4.78 is 0. The molecule has 2 aromatic rings. The fourth-order valence-electron chi connectivity index (χ4n) is 3.28. The second-order valence-corrected chi connectivity index (χ2v) is 7.82. The maximum absolute atomic E-state index is 12.1. The summed E-state index contributed by atoms with van der Waals surface area (Å²) in [5.74, 6) is 0.581. The van der Waals surface area contributed by atoms with Gasteiger partial charge in [0.1, 0.15) is 0 Å². The Morgan fingerprint density at radius 1 is 1.20 bits per heavy atom. The topological polar surface area (TPSA) is 44.4 Å². The van der Waals surface area contributed by atoms with Crippen molar-refractivity contribution in [3.05, 3.63) is 58.3 Å². The Balaban J connectivity index is 1.34. The average molecular weight is 358 g/mol. The van der Waals surface area contributed by atoms with Crippen LogP contribution in [0.3, 0.4) is 0 Å². The maximum atomic E-state index is 12.1. The fraction of sp³-hybridized carbons (Fsp3) is 0.450. The van der Waals surface area contributed by atoms with Gasteiger partial charge in [-0.3, -0.25) is 4.90 Å². The van der Waals surface area contributed by atoms with E-state index in [-0.39, 0.29) is 12.1 Å². The second-order valence-electron chi connectivity index (χ2n) is 6.79. The van der Waals surface area contributed by atoms with Gasteiger partial charge in [0.15, 0.2) is 0 Å². The highest BCUT2D eigenvalue weighted by Crippen LogP contribution is 2.20. The number of thiophene rings is 1. The quantitative estimate of drug-likeness (QED) is 0.820. The third kappa shape index (κ3) is 5.58. The van der Waals surface area contributed by atoms with E-state index in [2.05, 4.69) is 33.0 Å². The van der Waals surface area contributed by atoms with E-state index in [4.69, 9.17) is 0 Å². The predicted octanol–water partition coefficient (Wildman–Crippen LogP) is 4.02. The number of likely N-dealkylation sites (tertiary alicyclic amines) is 1. The first-order valence-electron chi connectivity index (χ1n) is 9.05. The molecule has 0 spiro atoms. The smallest absolute Gasteiger partial charge is 0.315 e. The molecule has 5 heteroatoms. The first-order chi connectivity index (χ1) is 12.2. The van der Waals surface area contributed by atoms with E-state index < -0.39 is 0 Å². The third-order valence-electron chi connectivity index (χ3n) is 4.87. The SMILES string of the molecule is CC(NC(=O)NCC1CCN(Cc2cccs2)CC1)c1ccccc1. The van der Waals surface area contributed by atoms with Gasteiger partial charge in [-0.2, -0.15) is 0 Å².